The minimum absolute atomic E-state index is 0.0611. The number of carbonyl (C=O) groups is 1. The SMILES string of the molecule is O=C(c1cnc(-c2cccs2)nc1)N1CCCN(C2CCCC2)CC1. The summed E-state index contributed by atoms with van der Waals surface area (Å²) in [4.78, 5) is 27.2. The summed E-state index contributed by atoms with van der Waals surface area (Å²) in [6, 6.07) is 4.72. The van der Waals surface area contributed by atoms with E-state index in [-0.39, 0.29) is 5.91 Å². The van der Waals surface area contributed by atoms with Crippen molar-refractivity contribution in [3.05, 3.63) is 35.5 Å². The summed E-state index contributed by atoms with van der Waals surface area (Å²) in [6.45, 7) is 3.74. The standard InChI is InChI=1S/C19H24N4OS/c24-19(15-13-20-18(21-14-15)17-7-3-12-25-17)23-9-4-8-22(10-11-23)16-5-1-2-6-16/h3,7,12-14,16H,1-2,4-6,8-11H2. The van der Waals surface area contributed by atoms with Crippen molar-refractivity contribution in [3.8, 4) is 10.7 Å². The maximum atomic E-state index is 12.8. The van der Waals surface area contributed by atoms with Gasteiger partial charge in [0.2, 0.25) is 0 Å². The first-order valence-corrected chi connectivity index (χ1v) is 10.1. The molecule has 3 heterocycles. The van der Waals surface area contributed by atoms with Crippen molar-refractivity contribution in [1.29, 1.82) is 0 Å². The van der Waals surface area contributed by atoms with Gasteiger partial charge in [-0.3, -0.25) is 9.69 Å². The Morgan fingerprint density at radius 2 is 1.84 bits per heavy atom. The Morgan fingerprint density at radius 1 is 1.04 bits per heavy atom. The second-order valence-electron chi connectivity index (χ2n) is 6.89. The number of hydrogen-bond acceptors (Lipinski definition) is 5. The first-order chi connectivity index (χ1) is 12.3. The van der Waals surface area contributed by atoms with E-state index < -0.39 is 0 Å². The summed E-state index contributed by atoms with van der Waals surface area (Å²) in [6.07, 6.45) is 9.76. The van der Waals surface area contributed by atoms with Crippen LogP contribution in [-0.2, 0) is 0 Å². The van der Waals surface area contributed by atoms with E-state index in [9.17, 15) is 4.79 Å². The van der Waals surface area contributed by atoms with Gasteiger partial charge in [-0.25, -0.2) is 9.97 Å². The van der Waals surface area contributed by atoms with Gasteiger partial charge in [0.1, 0.15) is 0 Å². The third-order valence-electron chi connectivity index (χ3n) is 5.30. The molecule has 1 aliphatic carbocycles. The summed E-state index contributed by atoms with van der Waals surface area (Å²) < 4.78 is 0. The first-order valence-electron chi connectivity index (χ1n) is 9.20. The average molecular weight is 356 g/mol. The molecule has 1 saturated heterocycles. The van der Waals surface area contributed by atoms with Gasteiger partial charge < -0.3 is 4.90 Å². The lowest BCUT2D eigenvalue weighted by Crippen LogP contribution is -2.38. The normalized spacial score (nSPS) is 19.9. The molecule has 0 unspecified atom stereocenters. The number of carbonyl (C=O) groups excluding carboxylic acids is 1. The van der Waals surface area contributed by atoms with Gasteiger partial charge in [-0.2, -0.15) is 0 Å². The van der Waals surface area contributed by atoms with Crippen LogP contribution in [0.5, 0.6) is 0 Å². The van der Waals surface area contributed by atoms with E-state index in [0.717, 1.165) is 43.5 Å². The zero-order valence-corrected chi connectivity index (χ0v) is 15.2. The van der Waals surface area contributed by atoms with Gasteiger partial charge in [0, 0.05) is 44.6 Å². The van der Waals surface area contributed by atoms with E-state index in [4.69, 9.17) is 0 Å². The minimum atomic E-state index is 0.0611. The molecule has 1 amide bonds. The van der Waals surface area contributed by atoms with Crippen molar-refractivity contribution in [2.45, 2.75) is 38.1 Å². The van der Waals surface area contributed by atoms with Crippen molar-refractivity contribution in [1.82, 2.24) is 19.8 Å². The van der Waals surface area contributed by atoms with Crippen LogP contribution >= 0.6 is 11.3 Å². The van der Waals surface area contributed by atoms with Gasteiger partial charge in [-0.15, -0.1) is 11.3 Å². The van der Waals surface area contributed by atoms with Crippen LogP contribution in [0.1, 0.15) is 42.5 Å². The Balaban J connectivity index is 1.40. The van der Waals surface area contributed by atoms with Crippen LogP contribution in [0.4, 0.5) is 0 Å². The summed E-state index contributed by atoms with van der Waals surface area (Å²) in [5, 5.41) is 2.01. The predicted molar refractivity (Wildman–Crippen MR) is 99.7 cm³/mol. The second kappa shape index (κ2) is 7.62. The van der Waals surface area contributed by atoms with Crippen molar-refractivity contribution in [2.75, 3.05) is 26.2 Å². The molecule has 1 saturated carbocycles. The predicted octanol–water partition coefficient (Wildman–Crippen LogP) is 3.30. The van der Waals surface area contributed by atoms with Crippen LogP contribution < -0.4 is 0 Å². The van der Waals surface area contributed by atoms with Gasteiger partial charge in [-0.1, -0.05) is 18.9 Å². The highest BCUT2D eigenvalue weighted by molar-refractivity contribution is 7.13. The van der Waals surface area contributed by atoms with E-state index in [1.807, 2.05) is 22.4 Å². The maximum Gasteiger partial charge on any atom is 0.257 e. The molecule has 0 bridgehead atoms. The largest absolute Gasteiger partial charge is 0.337 e. The summed E-state index contributed by atoms with van der Waals surface area (Å²) in [5.74, 6) is 0.751. The van der Waals surface area contributed by atoms with E-state index >= 15 is 0 Å². The summed E-state index contributed by atoms with van der Waals surface area (Å²) in [5.41, 5.74) is 0.592. The Hall–Kier alpha value is -1.79. The Morgan fingerprint density at radius 3 is 2.56 bits per heavy atom. The molecule has 2 aromatic rings. The van der Waals surface area contributed by atoms with Crippen molar-refractivity contribution >= 4 is 17.2 Å². The molecular formula is C19H24N4OS. The zero-order valence-electron chi connectivity index (χ0n) is 14.4. The topological polar surface area (TPSA) is 49.3 Å². The Kier molecular flexibility index (Phi) is 5.08. The molecule has 25 heavy (non-hydrogen) atoms. The molecule has 1 aliphatic heterocycles. The highest BCUT2D eigenvalue weighted by atomic mass is 32.1. The smallest absolute Gasteiger partial charge is 0.257 e. The van der Waals surface area contributed by atoms with Crippen LogP contribution in [0.15, 0.2) is 29.9 Å². The molecule has 0 aromatic carbocycles. The number of aromatic nitrogens is 2. The molecule has 5 nitrogen and oxygen atoms in total. The van der Waals surface area contributed by atoms with E-state index in [0.29, 0.717) is 11.4 Å². The van der Waals surface area contributed by atoms with Crippen LogP contribution in [0, 0.1) is 0 Å². The lowest BCUT2D eigenvalue weighted by atomic mass is 10.2. The van der Waals surface area contributed by atoms with E-state index in [1.165, 1.54) is 25.7 Å². The molecule has 6 heteroatoms. The van der Waals surface area contributed by atoms with Crippen molar-refractivity contribution in [2.24, 2.45) is 0 Å². The number of hydrogen-bond donors (Lipinski definition) is 0. The third kappa shape index (κ3) is 3.75. The summed E-state index contributed by atoms with van der Waals surface area (Å²) in [7, 11) is 0. The van der Waals surface area contributed by atoms with Gasteiger partial charge in [0.15, 0.2) is 5.82 Å². The van der Waals surface area contributed by atoms with Crippen LogP contribution in [0.25, 0.3) is 10.7 Å². The lowest BCUT2D eigenvalue weighted by molar-refractivity contribution is 0.0757. The van der Waals surface area contributed by atoms with Gasteiger partial charge in [-0.05, 0) is 30.7 Å². The Labute approximate surface area is 152 Å². The molecule has 0 spiro atoms. The van der Waals surface area contributed by atoms with Gasteiger partial charge in [0.25, 0.3) is 5.91 Å². The van der Waals surface area contributed by atoms with Crippen molar-refractivity contribution in [3.63, 3.8) is 0 Å². The molecule has 0 atom stereocenters. The van der Waals surface area contributed by atoms with E-state index in [2.05, 4.69) is 14.9 Å². The van der Waals surface area contributed by atoms with Crippen LogP contribution in [0.3, 0.4) is 0 Å². The monoisotopic (exact) mass is 356 g/mol. The maximum absolute atomic E-state index is 12.8. The first kappa shape index (κ1) is 16.7. The fourth-order valence-corrected chi connectivity index (χ4v) is 4.60. The quantitative estimate of drug-likeness (QED) is 0.847. The molecule has 0 radical (unpaired) electrons. The Bertz CT molecular complexity index is 695. The molecule has 2 aliphatic rings. The van der Waals surface area contributed by atoms with Crippen LogP contribution in [-0.4, -0.2) is 57.9 Å². The molecular weight excluding hydrogens is 332 g/mol. The molecule has 2 fully saturated rings. The number of amides is 1. The molecule has 4 rings (SSSR count). The molecule has 0 N–H and O–H groups in total. The zero-order chi connectivity index (χ0) is 17.1. The number of nitrogens with zero attached hydrogens (tertiary/aromatic N) is 4. The minimum Gasteiger partial charge on any atom is -0.337 e. The van der Waals surface area contributed by atoms with Crippen LogP contribution in [0.2, 0.25) is 0 Å². The molecule has 132 valence electrons. The summed E-state index contributed by atoms with van der Waals surface area (Å²) >= 11 is 1.61. The van der Waals surface area contributed by atoms with Gasteiger partial charge in [0.05, 0.1) is 10.4 Å². The third-order valence-corrected chi connectivity index (χ3v) is 6.16. The lowest BCUT2D eigenvalue weighted by Gasteiger charge is -2.27. The number of rotatable bonds is 3. The fraction of sp³-hybridized carbons (Fsp3) is 0.526. The molecule has 2 aromatic heterocycles. The average Bonchev–Trinajstić information content (AvgIpc) is 3.32. The highest BCUT2D eigenvalue weighted by Crippen LogP contribution is 2.25. The van der Waals surface area contributed by atoms with E-state index in [1.54, 1.807) is 23.7 Å². The van der Waals surface area contributed by atoms with Crippen molar-refractivity contribution < 1.29 is 4.79 Å². The number of thiophene rings is 1. The highest BCUT2D eigenvalue weighted by Gasteiger charge is 2.26. The van der Waals surface area contributed by atoms with Gasteiger partial charge >= 0.3 is 0 Å². The second-order valence-corrected chi connectivity index (χ2v) is 7.84. The fourth-order valence-electron chi connectivity index (χ4n) is 3.93.